The van der Waals surface area contributed by atoms with Gasteiger partial charge in [0, 0.05) is 36.2 Å². The Hall–Kier alpha value is -7.34. The van der Waals surface area contributed by atoms with E-state index in [1.54, 1.807) is 18.2 Å². The molecule has 1 aliphatic carbocycles. The number of fused-ring (bicyclic) bond motifs is 3. The molecule has 2 heterocycles. The minimum atomic E-state index is -1.20. The van der Waals surface area contributed by atoms with Crippen LogP contribution in [0.1, 0.15) is 62.7 Å². The number of rotatable bonds is 10. The van der Waals surface area contributed by atoms with Gasteiger partial charge in [-0.2, -0.15) is 4.57 Å². The Bertz CT molecular complexity index is 2580. The Labute approximate surface area is 339 Å². The molecule has 0 bridgehead atoms. The number of carbonyl (C=O) groups is 4. The van der Waals surface area contributed by atoms with Gasteiger partial charge in [-0.15, -0.1) is 0 Å². The van der Waals surface area contributed by atoms with Gasteiger partial charge in [0.2, 0.25) is 5.91 Å². The van der Waals surface area contributed by atoms with Gasteiger partial charge in [0.05, 0.1) is 6.04 Å². The molecule has 1 aliphatic heterocycles. The highest BCUT2D eigenvalue weighted by Crippen LogP contribution is 2.44. The minimum Gasteiger partial charge on any atom is -0.451 e. The summed E-state index contributed by atoms with van der Waals surface area (Å²) in [5.41, 5.74) is 4.19. The molecule has 2 aliphatic rings. The second-order valence-corrected chi connectivity index (χ2v) is 14.6. The molecule has 1 N–H and O–H groups in total. The van der Waals surface area contributed by atoms with Crippen molar-refractivity contribution in [1.29, 1.82) is 0 Å². The number of aromatic nitrogens is 2. The number of hydrogen-bond acceptors (Lipinski definition) is 8. The van der Waals surface area contributed by atoms with Crippen LogP contribution in [0.5, 0.6) is 0 Å². The first-order valence-electron chi connectivity index (χ1n) is 19.3. The summed E-state index contributed by atoms with van der Waals surface area (Å²) in [7, 11) is 0. The molecule has 8 rings (SSSR count). The molecule has 5 aromatic carbocycles. The number of aryl methyl sites for hydroxylation is 1. The Balaban J connectivity index is 1.05. The first-order valence-corrected chi connectivity index (χ1v) is 19.3. The van der Waals surface area contributed by atoms with Gasteiger partial charge < -0.3 is 19.7 Å². The van der Waals surface area contributed by atoms with Gasteiger partial charge in [-0.3, -0.25) is 19.0 Å². The summed E-state index contributed by atoms with van der Waals surface area (Å²) < 4.78 is 13.6. The molecule has 6 aromatic rings. The van der Waals surface area contributed by atoms with E-state index in [1.165, 1.54) is 34.7 Å². The van der Waals surface area contributed by atoms with Gasteiger partial charge in [-0.25, -0.2) is 14.4 Å². The topological polar surface area (TPSA) is 146 Å². The minimum absolute atomic E-state index is 0.0365. The normalized spacial score (nSPS) is 15.7. The molecule has 2 amide bonds. The predicted molar refractivity (Wildman–Crippen MR) is 219 cm³/mol. The zero-order valence-electron chi connectivity index (χ0n) is 32.1. The summed E-state index contributed by atoms with van der Waals surface area (Å²) in [6.07, 6.45) is -0.383. The van der Waals surface area contributed by atoms with Gasteiger partial charge in [0.1, 0.15) is 19.2 Å². The number of amides is 2. The maximum Gasteiger partial charge on any atom is 0.407 e. The number of hydrogen-bond donors (Lipinski definition) is 1. The summed E-state index contributed by atoms with van der Waals surface area (Å²) in [5, 5.41) is 2.54. The molecular weight excluding hydrogens is 749 g/mol. The van der Waals surface area contributed by atoms with E-state index in [1.807, 2.05) is 109 Å². The van der Waals surface area contributed by atoms with Gasteiger partial charge >= 0.3 is 17.8 Å². The lowest BCUT2D eigenvalue weighted by molar-refractivity contribution is -0.156. The molecule has 0 radical (unpaired) electrons. The SMILES string of the molecule is Cc1cn([C@H]2C[C@@H](C(=O)OC(c3ccccc3)c3ccccc3)N(C(=O)CNC(=O)OCC3c4ccccc4-c4ccccc43)C2)c(=O)n(C(=O)c2ccccc2)c1=O. The molecule has 0 saturated carbocycles. The Kier molecular flexibility index (Phi) is 10.9. The molecule has 0 unspecified atom stereocenters. The first-order chi connectivity index (χ1) is 28.7. The van der Waals surface area contributed by atoms with Crippen LogP contribution in [0.3, 0.4) is 0 Å². The highest BCUT2D eigenvalue weighted by molar-refractivity contribution is 5.95. The van der Waals surface area contributed by atoms with Gasteiger partial charge in [0.15, 0.2) is 6.10 Å². The monoisotopic (exact) mass is 788 g/mol. The van der Waals surface area contributed by atoms with Crippen LogP contribution in [0.25, 0.3) is 11.1 Å². The van der Waals surface area contributed by atoms with Crippen molar-refractivity contribution in [2.75, 3.05) is 19.7 Å². The molecule has 1 fully saturated rings. The molecule has 0 spiro atoms. The van der Waals surface area contributed by atoms with E-state index >= 15 is 0 Å². The molecule has 12 heteroatoms. The molecule has 2 atom stereocenters. The number of likely N-dealkylation sites (tertiary alicyclic amines) is 1. The van der Waals surface area contributed by atoms with Crippen molar-refractivity contribution in [2.45, 2.75) is 37.5 Å². The first kappa shape index (κ1) is 38.5. The van der Waals surface area contributed by atoms with Crippen molar-refractivity contribution in [3.63, 3.8) is 0 Å². The van der Waals surface area contributed by atoms with E-state index in [0.29, 0.717) is 15.7 Å². The lowest BCUT2D eigenvalue weighted by Crippen LogP contribution is -2.47. The van der Waals surface area contributed by atoms with Crippen LogP contribution in [0, 0.1) is 6.92 Å². The average Bonchev–Trinajstić information content (AvgIpc) is 3.86. The number of nitrogens with one attached hydrogen (secondary N) is 1. The van der Waals surface area contributed by atoms with Crippen LogP contribution in [0.4, 0.5) is 4.79 Å². The van der Waals surface area contributed by atoms with Crippen molar-refractivity contribution in [3.05, 3.63) is 200 Å². The Morgan fingerprint density at radius 3 is 1.86 bits per heavy atom. The van der Waals surface area contributed by atoms with E-state index in [2.05, 4.69) is 5.32 Å². The third-order valence-electron chi connectivity index (χ3n) is 10.9. The van der Waals surface area contributed by atoms with Crippen LogP contribution >= 0.6 is 0 Å². The van der Waals surface area contributed by atoms with Crippen molar-refractivity contribution in [2.24, 2.45) is 0 Å². The zero-order valence-corrected chi connectivity index (χ0v) is 32.1. The number of ether oxygens (including phenoxy) is 2. The Morgan fingerprint density at radius 2 is 1.27 bits per heavy atom. The average molecular weight is 789 g/mol. The van der Waals surface area contributed by atoms with Gasteiger partial charge in [-0.05, 0) is 52.4 Å². The maximum atomic E-state index is 14.3. The van der Waals surface area contributed by atoms with E-state index < -0.39 is 59.9 Å². The third-order valence-corrected chi connectivity index (χ3v) is 10.9. The fourth-order valence-corrected chi connectivity index (χ4v) is 8.04. The van der Waals surface area contributed by atoms with Crippen LogP contribution in [0.15, 0.2) is 155 Å². The van der Waals surface area contributed by atoms with Crippen molar-refractivity contribution in [1.82, 2.24) is 19.4 Å². The van der Waals surface area contributed by atoms with E-state index in [-0.39, 0.29) is 36.6 Å². The number of carbonyl (C=O) groups excluding carboxylic acids is 4. The highest BCUT2D eigenvalue weighted by Gasteiger charge is 2.43. The zero-order chi connectivity index (χ0) is 41.0. The number of benzene rings is 5. The van der Waals surface area contributed by atoms with E-state index in [4.69, 9.17) is 9.47 Å². The molecule has 296 valence electrons. The summed E-state index contributed by atoms with van der Waals surface area (Å²) >= 11 is 0. The molecule has 1 aromatic heterocycles. The predicted octanol–water partition coefficient (Wildman–Crippen LogP) is 6.02. The fourth-order valence-electron chi connectivity index (χ4n) is 8.04. The number of esters is 1. The molecular formula is C47H40N4O8. The van der Waals surface area contributed by atoms with E-state index in [9.17, 15) is 28.8 Å². The highest BCUT2D eigenvalue weighted by atomic mass is 16.6. The number of alkyl carbamates (subject to hydrolysis) is 1. The van der Waals surface area contributed by atoms with Crippen LogP contribution in [-0.4, -0.2) is 63.6 Å². The quantitative estimate of drug-likeness (QED) is 0.166. The van der Waals surface area contributed by atoms with Crippen LogP contribution < -0.4 is 16.6 Å². The smallest absolute Gasteiger partial charge is 0.407 e. The summed E-state index contributed by atoms with van der Waals surface area (Å²) in [6.45, 7) is 0.839. The summed E-state index contributed by atoms with van der Waals surface area (Å²) in [5.74, 6) is -2.36. The van der Waals surface area contributed by atoms with Crippen LogP contribution in [-0.2, 0) is 19.1 Å². The standard InChI is InChI=1S/C47H40N4O8/c1-30-27-49(47(57)51(43(30)53)44(54)33-19-9-4-10-20-33)34-25-40(45(55)59-42(31-15-5-2-6-16-31)32-17-7-3-8-18-32)50(28-34)41(52)26-48-46(56)58-29-39-37-23-13-11-21-35(37)36-22-12-14-24-38(36)39/h2-24,27,34,39-40,42H,25-26,28-29H2,1H3,(H,48,56)/t34-,40-/m0/s1. The molecule has 1 saturated heterocycles. The lowest BCUT2D eigenvalue weighted by Gasteiger charge is -2.26. The maximum absolute atomic E-state index is 14.3. The summed E-state index contributed by atoms with van der Waals surface area (Å²) in [4.78, 5) is 83.6. The van der Waals surface area contributed by atoms with Gasteiger partial charge in [-0.1, -0.05) is 127 Å². The lowest BCUT2D eigenvalue weighted by atomic mass is 9.98. The van der Waals surface area contributed by atoms with Gasteiger partial charge in [0.25, 0.3) is 11.5 Å². The number of nitrogens with zero attached hydrogens (tertiary/aromatic N) is 3. The van der Waals surface area contributed by atoms with Crippen LogP contribution in [0.2, 0.25) is 0 Å². The molecule has 59 heavy (non-hydrogen) atoms. The fraction of sp³-hybridized carbons (Fsp3) is 0.191. The van der Waals surface area contributed by atoms with Crippen molar-refractivity contribution >= 4 is 23.9 Å². The Morgan fingerprint density at radius 1 is 0.729 bits per heavy atom. The second kappa shape index (κ2) is 16.6. The van der Waals surface area contributed by atoms with Crippen molar-refractivity contribution in [3.8, 4) is 11.1 Å². The third kappa shape index (κ3) is 7.72. The molecule has 12 nitrogen and oxygen atoms in total. The van der Waals surface area contributed by atoms with E-state index in [0.717, 1.165) is 22.3 Å². The van der Waals surface area contributed by atoms with Crippen molar-refractivity contribution < 1.29 is 28.7 Å². The second-order valence-electron chi connectivity index (χ2n) is 14.6. The largest absolute Gasteiger partial charge is 0.451 e. The summed E-state index contributed by atoms with van der Waals surface area (Å²) in [6, 6.07) is 40.1.